The van der Waals surface area contributed by atoms with Crippen molar-refractivity contribution in [3.63, 3.8) is 0 Å². The average molecular weight is 1700 g/mol. The van der Waals surface area contributed by atoms with E-state index in [1.165, 1.54) is 0 Å². The van der Waals surface area contributed by atoms with Crippen LogP contribution in [0, 0.1) is 0 Å². The minimum Gasteiger partial charge on any atom is -0.341 e. The summed E-state index contributed by atoms with van der Waals surface area (Å²) in [7, 11) is 2.00. The Morgan fingerprint density at radius 3 is 0.623 bits per heavy atom. The Kier molecular flexibility index (Phi) is 37.4. The molecule has 5 aliphatic heterocycles. The lowest BCUT2D eigenvalue weighted by Gasteiger charge is -2.51. The molecular weight excluding hydrogens is 1510 g/mol. The molecule has 5 N–H and O–H groups in total. The minimum atomic E-state index is -0.129. The van der Waals surface area contributed by atoms with Gasteiger partial charge in [0.1, 0.15) is 0 Å². The van der Waals surface area contributed by atoms with E-state index >= 15 is 0 Å². The normalized spacial score (nSPS) is 20.4. The van der Waals surface area contributed by atoms with E-state index in [0.717, 1.165) is 325 Å². The van der Waals surface area contributed by atoms with Crippen molar-refractivity contribution in [1.29, 1.82) is 0 Å². The third-order valence-electron chi connectivity index (χ3n) is 26.2. The second-order valence-corrected chi connectivity index (χ2v) is 44.8. The average Bonchev–Trinajstić information content (AvgIpc) is 0.765. The number of rotatable bonds is 50. The highest BCUT2D eigenvalue weighted by atomic mass is 15.4. The van der Waals surface area contributed by atoms with E-state index in [1.807, 2.05) is 18.1 Å². The molecule has 0 aliphatic carbocycles. The maximum atomic E-state index is 6.09. The van der Waals surface area contributed by atoms with Gasteiger partial charge in [0, 0.05) is 170 Å². The molecule has 8 rings (SSSR count). The summed E-state index contributed by atoms with van der Waals surface area (Å²) in [6.07, 6.45) is 35.3. The van der Waals surface area contributed by atoms with Crippen molar-refractivity contribution in [2.75, 3.05) is 123 Å². The van der Waals surface area contributed by atoms with Crippen molar-refractivity contribution in [2.24, 2.45) is 0 Å². The van der Waals surface area contributed by atoms with Crippen molar-refractivity contribution in [3.8, 4) is 0 Å². The van der Waals surface area contributed by atoms with Crippen LogP contribution in [-0.2, 0) is 0 Å². The number of nitrogens with zero attached hydrogens (tertiary/aromatic N) is 18. The molecular formula is C99H191N23. The zero-order valence-electron chi connectivity index (χ0n) is 83.6. The zero-order chi connectivity index (χ0) is 89.7. The van der Waals surface area contributed by atoms with Crippen LogP contribution < -0.4 is 70.7 Å². The maximum absolute atomic E-state index is 6.09. The lowest BCUT2D eigenvalue weighted by atomic mass is 9.79. The zero-order valence-corrected chi connectivity index (χ0v) is 83.6. The SMILES string of the molecule is C=C=C=CN(C)c1nc(N(CCCC)CCCC)nc(N(CCCCCCN(c2nc(N(CCCC)C3CC(C)(C)NC(C)(C)C3)nc(N(CCCCCCN(c3nc(N(CCCC)CCCC)nc(N(CCCC)CCCC)n3)C3CC(C)(C)NC(C)(C)C3)C3CC(C)(C)NC(C)(C)C3)n2)C2CC(C)(C)NC(C)(C)C2)C2CC(C)(C)NC(C)(C)C2)n1.[HH].[HH].[HH].[HH]. The van der Waals surface area contributed by atoms with Gasteiger partial charge in [-0.2, -0.15) is 44.9 Å². The van der Waals surface area contributed by atoms with Crippen LogP contribution in [0.1, 0.15) is 398 Å². The number of hydrogen-bond acceptors (Lipinski definition) is 23. The minimum absolute atomic E-state index is 0. The summed E-state index contributed by atoms with van der Waals surface area (Å²) in [4.78, 5) is 73.7. The Balaban J connectivity index is 0.00000832. The number of hydrogen-bond donors (Lipinski definition) is 5. The molecule has 23 nitrogen and oxygen atoms in total. The molecule has 3 aromatic heterocycles. The van der Waals surface area contributed by atoms with Gasteiger partial charge in [0.15, 0.2) is 0 Å². The van der Waals surface area contributed by atoms with Gasteiger partial charge in [-0.3, -0.25) is 0 Å². The molecule has 0 unspecified atom stereocenters. The van der Waals surface area contributed by atoms with Gasteiger partial charge in [-0.15, -0.1) is 0 Å². The first kappa shape index (κ1) is 102. The molecule has 0 amide bonds. The van der Waals surface area contributed by atoms with E-state index in [-0.39, 0.29) is 91.3 Å². The summed E-state index contributed by atoms with van der Waals surface area (Å²) in [5.41, 5.74) is 4.88. The van der Waals surface area contributed by atoms with E-state index in [1.54, 1.807) is 0 Å². The molecule has 0 radical (unpaired) electrons. The van der Waals surface area contributed by atoms with Gasteiger partial charge in [-0.05, 0) is 280 Å². The Hall–Kier alpha value is -5.67. The van der Waals surface area contributed by atoms with Crippen molar-refractivity contribution < 1.29 is 5.71 Å². The van der Waals surface area contributed by atoms with Crippen molar-refractivity contribution in [2.45, 2.75) is 478 Å². The summed E-state index contributed by atoms with van der Waals surface area (Å²) >= 11 is 0. The van der Waals surface area contributed by atoms with Crippen LogP contribution in [0.2, 0.25) is 0 Å². The number of aromatic nitrogens is 9. The fourth-order valence-corrected chi connectivity index (χ4v) is 22.3. The predicted octanol–water partition coefficient (Wildman–Crippen LogP) is 21.2. The first-order valence-electron chi connectivity index (χ1n) is 49.5. The fraction of sp³-hybridized carbons (Fsp3) is 0.869. The van der Waals surface area contributed by atoms with Crippen LogP contribution in [0.25, 0.3) is 0 Å². The molecule has 0 saturated carbocycles. The number of nitrogens with one attached hydrogen (secondary N) is 5. The number of anilines is 9. The molecule has 3 aromatic rings. The van der Waals surface area contributed by atoms with Gasteiger partial charge < -0.3 is 70.7 Å². The van der Waals surface area contributed by atoms with Gasteiger partial charge in [0.25, 0.3) is 0 Å². The number of unbranched alkanes of at least 4 members (excludes halogenated alkanes) is 13. The molecule has 5 saturated heterocycles. The van der Waals surface area contributed by atoms with Crippen LogP contribution in [0.3, 0.4) is 0 Å². The van der Waals surface area contributed by atoms with Crippen LogP contribution in [0.4, 0.5) is 53.5 Å². The molecule has 0 spiro atoms. The van der Waals surface area contributed by atoms with E-state index in [4.69, 9.17) is 44.9 Å². The van der Waals surface area contributed by atoms with Crippen LogP contribution in [-0.4, -0.2) is 209 Å². The first-order chi connectivity index (χ1) is 57.3. The highest BCUT2D eigenvalue weighted by molar-refractivity contribution is 5.52. The molecule has 23 heteroatoms. The molecule has 8 heterocycles. The number of piperidine rings is 5. The standard InChI is InChI=1S/C99H183N23.4H2/c1-30-38-54-114(29)81-100-82(115(55-39-31-2)56-40-32-3)103-85(101-81)119(77-68-92(13,14)110-93(15,16)69-77)62-50-46-48-52-64-121(79-72-96(21,22)112-97(23,24)73-79)88-106-87(118(61-45-37-8)76-66-90(9,10)109-91(11,12)67-76)107-89(108-88)122(80-74-98(25,26)113-99(27,28)75-80)65-53-49-47-51-63-120(78-70-94(17,18)111-95(19,20)71-78)86-104-83(116(57-41-33-4)58-42-34-5)102-84(105-86)117(59-43-35-6)60-44-36-7;;;;/h54,76-80,109-113H,1,31-37,39-53,55-75H2,2-29H3;4*1H. The smallest absolute Gasteiger partial charge is 0.236 e. The summed E-state index contributed by atoms with van der Waals surface area (Å²) in [5.74, 6) is 7.18. The lowest BCUT2D eigenvalue weighted by Crippen LogP contribution is -2.63. The van der Waals surface area contributed by atoms with Crippen molar-refractivity contribution in [1.82, 2.24) is 71.4 Å². The monoisotopic (exact) mass is 1700 g/mol. The van der Waals surface area contributed by atoms with Crippen molar-refractivity contribution >= 4 is 53.5 Å². The van der Waals surface area contributed by atoms with Crippen LogP contribution >= 0.6 is 0 Å². The molecule has 5 fully saturated rings. The topological polar surface area (TPSA) is 205 Å². The largest absolute Gasteiger partial charge is 0.341 e. The highest BCUT2D eigenvalue weighted by Gasteiger charge is 2.48. The van der Waals surface area contributed by atoms with E-state index in [0.29, 0.717) is 5.95 Å². The van der Waals surface area contributed by atoms with Gasteiger partial charge in [0.2, 0.25) is 53.5 Å². The molecule has 0 bridgehead atoms. The summed E-state index contributed by atoms with van der Waals surface area (Å²) in [6.45, 7) is 77.7. The Labute approximate surface area is 752 Å². The van der Waals surface area contributed by atoms with Gasteiger partial charge in [-0.25, -0.2) is 0 Å². The van der Waals surface area contributed by atoms with E-state index < -0.39 is 0 Å². The third-order valence-corrected chi connectivity index (χ3v) is 26.2. The van der Waals surface area contributed by atoms with Crippen molar-refractivity contribution in [3.05, 3.63) is 24.2 Å². The molecule has 122 heavy (non-hydrogen) atoms. The quantitative estimate of drug-likeness (QED) is 0.0263. The summed E-state index contributed by atoms with van der Waals surface area (Å²) < 4.78 is 0. The first-order valence-corrected chi connectivity index (χ1v) is 49.5. The lowest BCUT2D eigenvalue weighted by molar-refractivity contribution is 0.155. The molecule has 5 aliphatic rings. The Morgan fingerprint density at radius 2 is 0.426 bits per heavy atom. The van der Waals surface area contributed by atoms with Crippen LogP contribution in [0.5, 0.6) is 0 Å². The van der Waals surface area contributed by atoms with Gasteiger partial charge >= 0.3 is 0 Å². The second kappa shape index (κ2) is 44.9. The third kappa shape index (κ3) is 31.4. The Bertz CT molecular complexity index is 3600. The van der Waals surface area contributed by atoms with Crippen LogP contribution in [0.15, 0.2) is 24.2 Å². The van der Waals surface area contributed by atoms with Gasteiger partial charge in [0.05, 0.1) is 6.20 Å². The predicted molar refractivity (Wildman–Crippen MR) is 530 cm³/mol. The molecule has 0 atom stereocenters. The summed E-state index contributed by atoms with van der Waals surface area (Å²) in [6, 6.07) is 1.02. The van der Waals surface area contributed by atoms with Gasteiger partial charge in [-0.1, -0.05) is 131 Å². The van der Waals surface area contributed by atoms with E-state index in [9.17, 15) is 0 Å². The summed E-state index contributed by atoms with van der Waals surface area (Å²) in [5, 5.41) is 20.3. The second-order valence-electron chi connectivity index (χ2n) is 44.8. The van der Waals surface area contributed by atoms with E-state index in [2.05, 4.69) is 271 Å². The fourth-order valence-electron chi connectivity index (χ4n) is 22.3. The highest BCUT2D eigenvalue weighted by Crippen LogP contribution is 2.42. The molecule has 702 valence electrons. The maximum Gasteiger partial charge on any atom is 0.236 e. The molecule has 0 aromatic carbocycles. The Morgan fingerprint density at radius 1 is 0.262 bits per heavy atom.